The average Bonchev–Trinajstić information content (AvgIpc) is 2.58. The standard InChI is InChI=1S/C19H16O4.K.H/c20-13-16-2-1-3-17(12-16)18(21)10-8-14-4-6-15(7-5-14)9-11-19(22)23;;/h1-12,20H,13H2,(H,22,23);;/q;+1;-1. The van der Waals surface area contributed by atoms with Gasteiger partial charge < -0.3 is 11.6 Å². The molecule has 0 atom stereocenters. The Morgan fingerprint density at radius 3 is 2.08 bits per heavy atom. The molecule has 0 unspecified atom stereocenters. The number of carbonyl (C=O) groups excluding carboxylic acids is 1. The second kappa shape index (κ2) is 10.5. The molecular formula is C19H17KO4. The first-order chi connectivity index (χ1) is 11.1. The van der Waals surface area contributed by atoms with E-state index in [1.165, 1.54) is 12.2 Å². The van der Waals surface area contributed by atoms with Crippen LogP contribution in [0.4, 0.5) is 0 Å². The van der Waals surface area contributed by atoms with Gasteiger partial charge in [0.05, 0.1) is 6.61 Å². The molecule has 0 aliphatic rings. The fraction of sp³-hybridized carbons (Fsp3) is 0.0526. The number of carboxylic acid groups (broad SMARTS) is 1. The zero-order chi connectivity index (χ0) is 16.7. The van der Waals surface area contributed by atoms with E-state index < -0.39 is 5.97 Å². The second-order valence-corrected chi connectivity index (χ2v) is 4.89. The topological polar surface area (TPSA) is 74.6 Å². The number of rotatable bonds is 6. The number of aliphatic hydroxyl groups excluding tert-OH is 1. The van der Waals surface area contributed by atoms with Crippen LogP contribution < -0.4 is 51.4 Å². The first-order valence-electron chi connectivity index (χ1n) is 7.02. The molecule has 2 rings (SSSR count). The summed E-state index contributed by atoms with van der Waals surface area (Å²) in [6, 6.07) is 14.0. The molecule has 2 aromatic rings. The Kier molecular flexibility index (Phi) is 9.06. The van der Waals surface area contributed by atoms with Crippen LogP contribution in [0.15, 0.2) is 60.7 Å². The number of hydrogen-bond acceptors (Lipinski definition) is 3. The summed E-state index contributed by atoms with van der Waals surface area (Å²) in [5.74, 6) is -1.14. The maximum Gasteiger partial charge on any atom is 1.00 e. The third-order valence-electron chi connectivity index (χ3n) is 3.18. The van der Waals surface area contributed by atoms with Crippen LogP contribution in [-0.4, -0.2) is 22.0 Å². The van der Waals surface area contributed by atoms with Crippen molar-refractivity contribution in [2.45, 2.75) is 6.61 Å². The van der Waals surface area contributed by atoms with Crippen LogP contribution in [0.2, 0.25) is 0 Å². The fourth-order valence-electron chi connectivity index (χ4n) is 1.98. The SMILES string of the molecule is O=C(O)C=Cc1ccc(C=CC(=O)c2cccc(CO)c2)cc1.[H-].[K+]. The molecule has 5 heteroatoms. The maximum atomic E-state index is 12.1. The van der Waals surface area contributed by atoms with Crippen molar-refractivity contribution in [2.24, 2.45) is 0 Å². The van der Waals surface area contributed by atoms with Crippen molar-refractivity contribution < 1.29 is 72.6 Å². The van der Waals surface area contributed by atoms with Gasteiger partial charge in [0.25, 0.3) is 0 Å². The monoisotopic (exact) mass is 348 g/mol. The third-order valence-corrected chi connectivity index (χ3v) is 3.18. The van der Waals surface area contributed by atoms with Crippen LogP contribution >= 0.6 is 0 Å². The van der Waals surface area contributed by atoms with Gasteiger partial charge in [-0.25, -0.2) is 4.79 Å². The molecule has 0 aliphatic carbocycles. The van der Waals surface area contributed by atoms with E-state index in [0.717, 1.165) is 17.2 Å². The van der Waals surface area contributed by atoms with Crippen molar-refractivity contribution in [2.75, 3.05) is 0 Å². The van der Waals surface area contributed by atoms with E-state index in [-0.39, 0.29) is 65.2 Å². The summed E-state index contributed by atoms with van der Waals surface area (Å²) in [4.78, 5) is 22.5. The minimum atomic E-state index is -0.996. The quantitative estimate of drug-likeness (QED) is 0.447. The summed E-state index contributed by atoms with van der Waals surface area (Å²) in [6.45, 7) is -0.101. The van der Waals surface area contributed by atoms with E-state index in [2.05, 4.69) is 0 Å². The third kappa shape index (κ3) is 6.64. The van der Waals surface area contributed by atoms with Crippen molar-refractivity contribution in [3.8, 4) is 0 Å². The van der Waals surface area contributed by atoms with Gasteiger partial charge in [0.15, 0.2) is 5.78 Å². The molecule has 4 nitrogen and oxygen atoms in total. The van der Waals surface area contributed by atoms with Crippen molar-refractivity contribution in [1.82, 2.24) is 0 Å². The summed E-state index contributed by atoms with van der Waals surface area (Å²) < 4.78 is 0. The number of hydrogen-bond donors (Lipinski definition) is 2. The molecule has 118 valence electrons. The van der Waals surface area contributed by atoms with Crippen LogP contribution in [0.3, 0.4) is 0 Å². The molecule has 0 fully saturated rings. The van der Waals surface area contributed by atoms with Crippen LogP contribution in [-0.2, 0) is 11.4 Å². The number of aliphatic hydroxyl groups is 1. The Balaban J connectivity index is 0.00000288. The van der Waals surface area contributed by atoms with Gasteiger partial charge in [0.2, 0.25) is 0 Å². The van der Waals surface area contributed by atoms with Crippen molar-refractivity contribution in [3.63, 3.8) is 0 Å². The van der Waals surface area contributed by atoms with E-state index in [9.17, 15) is 9.59 Å². The van der Waals surface area contributed by atoms with Gasteiger partial charge in [-0.1, -0.05) is 48.5 Å². The van der Waals surface area contributed by atoms with Crippen LogP contribution in [0, 0.1) is 0 Å². The van der Waals surface area contributed by atoms with Crippen LogP contribution in [0.5, 0.6) is 0 Å². The minimum absolute atomic E-state index is 0. The molecule has 2 aromatic carbocycles. The molecule has 2 N–H and O–H groups in total. The molecule has 0 spiro atoms. The largest absolute Gasteiger partial charge is 1.00 e. The number of carboxylic acids is 1. The summed E-state index contributed by atoms with van der Waals surface area (Å²) >= 11 is 0. The number of aliphatic carboxylic acids is 1. The van der Waals surface area contributed by atoms with E-state index in [0.29, 0.717) is 11.1 Å². The predicted octanol–water partition coefficient (Wildman–Crippen LogP) is 0.289. The van der Waals surface area contributed by atoms with Gasteiger partial charge in [-0.2, -0.15) is 0 Å². The zero-order valence-corrected chi connectivity index (χ0v) is 16.5. The van der Waals surface area contributed by atoms with Gasteiger partial charge in [-0.3, -0.25) is 4.79 Å². The molecule has 0 aromatic heterocycles. The maximum absolute atomic E-state index is 12.1. The van der Waals surface area contributed by atoms with Crippen molar-refractivity contribution in [1.29, 1.82) is 0 Å². The normalized spacial score (nSPS) is 10.7. The van der Waals surface area contributed by atoms with Crippen LogP contribution in [0.25, 0.3) is 12.2 Å². The van der Waals surface area contributed by atoms with Gasteiger partial charge in [0, 0.05) is 11.6 Å². The molecule has 0 saturated carbocycles. The second-order valence-electron chi connectivity index (χ2n) is 4.89. The molecular weight excluding hydrogens is 331 g/mol. The molecule has 0 radical (unpaired) electrons. The Hall–Kier alpha value is -1.34. The van der Waals surface area contributed by atoms with Crippen molar-refractivity contribution >= 4 is 23.9 Å². The van der Waals surface area contributed by atoms with Crippen molar-refractivity contribution in [3.05, 3.63) is 82.9 Å². The Labute approximate surface area is 184 Å². The molecule has 0 heterocycles. The first kappa shape index (κ1) is 20.7. The zero-order valence-electron chi connectivity index (χ0n) is 14.3. The molecule has 24 heavy (non-hydrogen) atoms. The molecule has 0 bridgehead atoms. The summed E-state index contributed by atoms with van der Waals surface area (Å²) in [5.41, 5.74) is 2.82. The molecule has 0 saturated heterocycles. The van der Waals surface area contributed by atoms with Gasteiger partial charge >= 0.3 is 57.4 Å². The Bertz CT molecular complexity index is 767. The predicted molar refractivity (Wildman–Crippen MR) is 90.0 cm³/mol. The Morgan fingerprint density at radius 1 is 0.958 bits per heavy atom. The minimum Gasteiger partial charge on any atom is -1.00 e. The summed E-state index contributed by atoms with van der Waals surface area (Å²) in [5, 5.41) is 17.7. The van der Waals surface area contributed by atoms with E-state index in [4.69, 9.17) is 10.2 Å². The van der Waals surface area contributed by atoms with E-state index >= 15 is 0 Å². The number of carbonyl (C=O) groups is 2. The van der Waals surface area contributed by atoms with Gasteiger partial charge in [-0.15, -0.1) is 0 Å². The van der Waals surface area contributed by atoms with Gasteiger partial charge in [-0.05, 0) is 34.9 Å². The average molecular weight is 348 g/mol. The Morgan fingerprint density at radius 2 is 1.54 bits per heavy atom. The van der Waals surface area contributed by atoms with E-state index in [1.54, 1.807) is 54.6 Å². The number of benzene rings is 2. The first-order valence-corrected chi connectivity index (χ1v) is 7.02. The smallest absolute Gasteiger partial charge is 1.00 e. The summed E-state index contributed by atoms with van der Waals surface area (Å²) in [6.07, 6.45) is 5.74. The summed E-state index contributed by atoms with van der Waals surface area (Å²) in [7, 11) is 0. The van der Waals surface area contributed by atoms with Gasteiger partial charge in [0.1, 0.15) is 0 Å². The van der Waals surface area contributed by atoms with E-state index in [1.807, 2.05) is 0 Å². The fourth-order valence-corrected chi connectivity index (χ4v) is 1.98. The molecule has 0 aliphatic heterocycles. The number of ketones is 1. The van der Waals surface area contributed by atoms with Crippen LogP contribution in [0.1, 0.15) is 28.5 Å². The molecule has 0 amide bonds. The number of allylic oxidation sites excluding steroid dienone is 1.